The fraction of sp³-hybridized carbons (Fsp3) is 0.655. The van der Waals surface area contributed by atoms with Gasteiger partial charge in [0.05, 0.1) is 12.2 Å². The number of aromatic nitrogens is 2. The van der Waals surface area contributed by atoms with Crippen LogP contribution in [0.25, 0.3) is 0 Å². The number of ether oxygens (including phenoxy) is 1. The quantitative estimate of drug-likeness (QED) is 0.426. The van der Waals surface area contributed by atoms with Gasteiger partial charge in [0.15, 0.2) is 0 Å². The van der Waals surface area contributed by atoms with Gasteiger partial charge in [-0.15, -0.1) is 0 Å². The van der Waals surface area contributed by atoms with E-state index < -0.39 is 0 Å². The third kappa shape index (κ3) is 3.56. The average Bonchev–Trinajstić information content (AvgIpc) is 3.33. The van der Waals surface area contributed by atoms with E-state index in [9.17, 15) is 4.79 Å². The number of imidazole rings is 1. The Morgan fingerprint density at radius 2 is 1.97 bits per heavy atom. The standard InChI is InChI=1S/C29H40N2O2/c1-18-13-22(33-26(32)19(2)12-21-16-30-17-31-21)14-20-15-24-28(5)10-7-9-27(3,4)23(28)8-11-29(24,6)25(18)20/h13-14,16-17,19,23-24H,7-12,15H2,1-6H3,(H,30,31)/t19?,23-,24+,28-,29+/m0/s1. The third-order valence-electron chi connectivity index (χ3n) is 9.88. The molecule has 2 aromatic rings. The van der Waals surface area contributed by atoms with E-state index in [0.29, 0.717) is 28.9 Å². The lowest BCUT2D eigenvalue weighted by Crippen LogP contribution is -2.55. The van der Waals surface area contributed by atoms with Crippen molar-refractivity contribution in [2.75, 3.05) is 0 Å². The van der Waals surface area contributed by atoms with Crippen LogP contribution in [0.2, 0.25) is 0 Å². The van der Waals surface area contributed by atoms with Crippen LogP contribution in [0.15, 0.2) is 24.7 Å². The first-order valence-corrected chi connectivity index (χ1v) is 12.9. The summed E-state index contributed by atoms with van der Waals surface area (Å²) in [6, 6.07) is 4.28. The van der Waals surface area contributed by atoms with Crippen LogP contribution in [-0.4, -0.2) is 15.9 Å². The molecule has 178 valence electrons. The zero-order chi connectivity index (χ0) is 23.6. The first-order chi connectivity index (χ1) is 15.5. The minimum atomic E-state index is -0.219. The number of H-pyrrole nitrogens is 1. The molecule has 1 N–H and O–H groups in total. The molecule has 5 atom stereocenters. The molecule has 2 fully saturated rings. The van der Waals surface area contributed by atoms with Crippen molar-refractivity contribution in [1.82, 2.24) is 9.97 Å². The molecule has 0 spiro atoms. The molecule has 3 aliphatic rings. The first kappa shape index (κ1) is 22.7. The number of fused-ring (bicyclic) bond motifs is 5. The lowest BCUT2D eigenvalue weighted by Gasteiger charge is -2.61. The fourth-order valence-electron chi connectivity index (χ4n) is 8.52. The molecule has 0 saturated heterocycles. The summed E-state index contributed by atoms with van der Waals surface area (Å²) in [6.45, 7) is 14.3. The van der Waals surface area contributed by atoms with Gasteiger partial charge >= 0.3 is 5.97 Å². The minimum Gasteiger partial charge on any atom is -0.426 e. The molecule has 2 saturated carbocycles. The molecular weight excluding hydrogens is 408 g/mol. The van der Waals surface area contributed by atoms with E-state index in [1.165, 1.54) is 43.2 Å². The number of nitrogens with one attached hydrogen (secondary N) is 1. The van der Waals surface area contributed by atoms with Crippen LogP contribution < -0.4 is 4.74 Å². The molecule has 0 amide bonds. The van der Waals surface area contributed by atoms with Gasteiger partial charge in [-0.25, -0.2) is 4.98 Å². The van der Waals surface area contributed by atoms with Gasteiger partial charge in [-0.2, -0.15) is 0 Å². The van der Waals surface area contributed by atoms with Crippen molar-refractivity contribution < 1.29 is 9.53 Å². The van der Waals surface area contributed by atoms with Gasteiger partial charge in [-0.1, -0.05) is 41.0 Å². The number of rotatable bonds is 4. The van der Waals surface area contributed by atoms with E-state index in [2.05, 4.69) is 56.7 Å². The molecule has 0 radical (unpaired) electrons. The van der Waals surface area contributed by atoms with E-state index in [1.54, 1.807) is 18.1 Å². The maximum atomic E-state index is 12.8. The number of carbonyl (C=O) groups is 1. The van der Waals surface area contributed by atoms with Crippen LogP contribution in [-0.2, 0) is 23.1 Å². The molecular formula is C29H40N2O2. The number of aromatic amines is 1. The maximum Gasteiger partial charge on any atom is 0.314 e. The lowest BCUT2D eigenvalue weighted by molar-refractivity contribution is -0.138. The van der Waals surface area contributed by atoms with E-state index >= 15 is 0 Å². The van der Waals surface area contributed by atoms with Crippen LogP contribution in [0.4, 0.5) is 0 Å². The van der Waals surface area contributed by atoms with E-state index in [0.717, 1.165) is 18.0 Å². The maximum absolute atomic E-state index is 12.8. The lowest BCUT2D eigenvalue weighted by atomic mass is 9.43. The number of nitrogens with zero attached hydrogens (tertiary/aromatic N) is 1. The Morgan fingerprint density at radius 1 is 1.18 bits per heavy atom. The normalized spacial score (nSPS) is 33.0. The molecule has 1 aromatic carbocycles. The Balaban J connectivity index is 1.41. The van der Waals surface area contributed by atoms with Crippen LogP contribution >= 0.6 is 0 Å². The summed E-state index contributed by atoms with van der Waals surface area (Å²) in [5.74, 6) is 1.78. The molecule has 1 heterocycles. The number of hydrogen-bond acceptors (Lipinski definition) is 3. The summed E-state index contributed by atoms with van der Waals surface area (Å²) in [7, 11) is 0. The molecule has 3 aliphatic carbocycles. The topological polar surface area (TPSA) is 55.0 Å². The number of aryl methyl sites for hydroxylation is 1. The molecule has 4 heteroatoms. The number of carbonyl (C=O) groups excluding carboxylic acids is 1. The second-order valence-electron chi connectivity index (χ2n) is 12.5. The van der Waals surface area contributed by atoms with Crippen LogP contribution in [0.1, 0.15) is 89.1 Å². The Kier molecular flexibility index (Phi) is 5.30. The van der Waals surface area contributed by atoms with Crippen molar-refractivity contribution in [1.29, 1.82) is 0 Å². The van der Waals surface area contributed by atoms with Gasteiger partial charge in [-0.3, -0.25) is 4.79 Å². The molecule has 33 heavy (non-hydrogen) atoms. The van der Waals surface area contributed by atoms with Gasteiger partial charge < -0.3 is 9.72 Å². The summed E-state index contributed by atoms with van der Waals surface area (Å²) in [5.41, 5.74) is 6.25. The second-order valence-corrected chi connectivity index (χ2v) is 12.5. The van der Waals surface area contributed by atoms with Crippen LogP contribution in [0.5, 0.6) is 5.75 Å². The van der Waals surface area contributed by atoms with Crippen molar-refractivity contribution in [3.05, 3.63) is 47.0 Å². The summed E-state index contributed by atoms with van der Waals surface area (Å²) >= 11 is 0. The van der Waals surface area contributed by atoms with E-state index in [-0.39, 0.29) is 17.3 Å². The average molecular weight is 449 g/mol. The Hall–Kier alpha value is -2.10. The highest BCUT2D eigenvalue weighted by molar-refractivity contribution is 5.75. The van der Waals surface area contributed by atoms with Crippen molar-refractivity contribution in [3.8, 4) is 5.75 Å². The van der Waals surface area contributed by atoms with Gasteiger partial charge in [0.2, 0.25) is 0 Å². The van der Waals surface area contributed by atoms with Gasteiger partial charge in [0.25, 0.3) is 0 Å². The molecule has 0 bridgehead atoms. The van der Waals surface area contributed by atoms with Crippen molar-refractivity contribution in [2.24, 2.45) is 28.6 Å². The van der Waals surface area contributed by atoms with E-state index in [4.69, 9.17) is 4.74 Å². The minimum absolute atomic E-state index is 0.174. The largest absolute Gasteiger partial charge is 0.426 e. The molecule has 4 nitrogen and oxygen atoms in total. The first-order valence-electron chi connectivity index (χ1n) is 12.9. The van der Waals surface area contributed by atoms with Crippen molar-refractivity contribution >= 4 is 5.97 Å². The van der Waals surface area contributed by atoms with Crippen LogP contribution in [0.3, 0.4) is 0 Å². The SMILES string of the molecule is Cc1cc(OC(=O)C(C)Cc2cnc[nH]2)cc2c1[C@]1(C)CC[C@H]3C(C)(C)CCC[C@]3(C)[C@H]1C2. The monoisotopic (exact) mass is 448 g/mol. The molecule has 0 aliphatic heterocycles. The number of benzene rings is 1. The molecule has 5 rings (SSSR count). The number of esters is 1. The van der Waals surface area contributed by atoms with E-state index in [1.807, 2.05) is 6.92 Å². The molecule has 1 unspecified atom stereocenters. The summed E-state index contributed by atoms with van der Waals surface area (Å²) < 4.78 is 5.91. The fourth-order valence-corrected chi connectivity index (χ4v) is 8.52. The second kappa shape index (κ2) is 7.71. The van der Waals surface area contributed by atoms with Gasteiger partial charge in [0, 0.05) is 18.3 Å². The number of hydrogen-bond donors (Lipinski definition) is 1. The Morgan fingerprint density at radius 3 is 2.70 bits per heavy atom. The third-order valence-corrected chi connectivity index (χ3v) is 9.88. The molecule has 1 aromatic heterocycles. The smallest absolute Gasteiger partial charge is 0.314 e. The van der Waals surface area contributed by atoms with Gasteiger partial charge in [-0.05, 0) is 95.9 Å². The highest BCUT2D eigenvalue weighted by Crippen LogP contribution is 2.67. The van der Waals surface area contributed by atoms with Crippen molar-refractivity contribution in [2.45, 2.75) is 91.9 Å². The summed E-state index contributed by atoms with van der Waals surface area (Å²) in [4.78, 5) is 19.9. The van der Waals surface area contributed by atoms with Crippen LogP contribution in [0, 0.1) is 35.5 Å². The summed E-state index contributed by atoms with van der Waals surface area (Å²) in [6.07, 6.45) is 11.8. The predicted molar refractivity (Wildman–Crippen MR) is 131 cm³/mol. The predicted octanol–water partition coefficient (Wildman–Crippen LogP) is 6.56. The van der Waals surface area contributed by atoms with Gasteiger partial charge in [0.1, 0.15) is 5.75 Å². The van der Waals surface area contributed by atoms with Crippen molar-refractivity contribution in [3.63, 3.8) is 0 Å². The summed E-state index contributed by atoms with van der Waals surface area (Å²) in [5, 5.41) is 0. The Bertz CT molecular complexity index is 1060. The Labute approximate surface area is 198 Å². The highest BCUT2D eigenvalue weighted by atomic mass is 16.5. The zero-order valence-corrected chi connectivity index (χ0v) is 21.3. The zero-order valence-electron chi connectivity index (χ0n) is 21.3. The highest BCUT2D eigenvalue weighted by Gasteiger charge is 2.61.